The quantitative estimate of drug-likeness (QED) is 0.736. The smallest absolute Gasteiger partial charge is 0.227 e. The number of hydrogen-bond donors (Lipinski definition) is 1. The maximum atomic E-state index is 12.8. The van der Waals surface area contributed by atoms with Crippen LogP contribution in [0.2, 0.25) is 0 Å². The van der Waals surface area contributed by atoms with Gasteiger partial charge in [0.15, 0.2) is 0 Å². The average molecular weight is 379 g/mol. The zero-order chi connectivity index (χ0) is 19.5. The lowest BCUT2D eigenvalue weighted by molar-refractivity contribution is -0.131. The third-order valence-corrected chi connectivity index (χ3v) is 5.47. The molecule has 4 rings (SSSR count). The molecule has 6 heteroatoms. The van der Waals surface area contributed by atoms with E-state index in [1.165, 1.54) is 0 Å². The maximum absolute atomic E-state index is 12.8. The lowest BCUT2D eigenvalue weighted by atomic mass is 9.95. The molecule has 0 unspecified atom stereocenters. The standard InChI is InChI=1S/C22H25N3O3/c1-27-17-7-8-20(28-2)16(13-17)14-21(26)25-11-9-15(10-12-25)22-23-18-5-3-4-6-19(18)24-22/h3-8,13,15H,9-12,14H2,1-2H3,(H,23,24). The number of methoxy groups -OCH3 is 2. The number of aromatic amines is 1. The van der Waals surface area contributed by atoms with Gasteiger partial charge in [-0.15, -0.1) is 0 Å². The van der Waals surface area contributed by atoms with Crippen molar-refractivity contribution in [3.05, 3.63) is 53.9 Å². The second-order valence-corrected chi connectivity index (χ2v) is 7.15. The van der Waals surface area contributed by atoms with E-state index in [0.29, 0.717) is 18.1 Å². The van der Waals surface area contributed by atoms with E-state index >= 15 is 0 Å². The van der Waals surface area contributed by atoms with Crippen LogP contribution in [0.5, 0.6) is 11.5 Å². The first-order chi connectivity index (χ1) is 13.7. The summed E-state index contributed by atoms with van der Waals surface area (Å²) in [4.78, 5) is 22.9. The molecular weight excluding hydrogens is 354 g/mol. The zero-order valence-corrected chi connectivity index (χ0v) is 16.3. The van der Waals surface area contributed by atoms with Gasteiger partial charge in [0, 0.05) is 24.6 Å². The lowest BCUT2D eigenvalue weighted by Gasteiger charge is -2.31. The van der Waals surface area contributed by atoms with Crippen molar-refractivity contribution in [3.8, 4) is 11.5 Å². The van der Waals surface area contributed by atoms with E-state index in [4.69, 9.17) is 14.5 Å². The molecule has 0 radical (unpaired) electrons. The topological polar surface area (TPSA) is 67.5 Å². The highest BCUT2D eigenvalue weighted by molar-refractivity contribution is 5.80. The van der Waals surface area contributed by atoms with Crippen LogP contribution in [0, 0.1) is 0 Å². The van der Waals surface area contributed by atoms with Gasteiger partial charge in [-0.25, -0.2) is 4.98 Å². The third-order valence-electron chi connectivity index (χ3n) is 5.47. The molecule has 0 spiro atoms. The highest BCUT2D eigenvalue weighted by atomic mass is 16.5. The summed E-state index contributed by atoms with van der Waals surface area (Å²) in [6.45, 7) is 1.49. The Morgan fingerprint density at radius 1 is 1.14 bits per heavy atom. The van der Waals surface area contributed by atoms with Crippen molar-refractivity contribution in [2.24, 2.45) is 0 Å². The molecule has 1 fully saturated rings. The molecule has 1 N–H and O–H groups in total. The summed E-state index contributed by atoms with van der Waals surface area (Å²) >= 11 is 0. The van der Waals surface area contributed by atoms with Crippen LogP contribution in [0.4, 0.5) is 0 Å². The molecule has 146 valence electrons. The van der Waals surface area contributed by atoms with Crippen LogP contribution < -0.4 is 9.47 Å². The Morgan fingerprint density at radius 3 is 2.64 bits per heavy atom. The largest absolute Gasteiger partial charge is 0.497 e. The van der Waals surface area contributed by atoms with Crippen molar-refractivity contribution in [1.29, 1.82) is 0 Å². The number of nitrogens with one attached hydrogen (secondary N) is 1. The summed E-state index contributed by atoms with van der Waals surface area (Å²) < 4.78 is 10.7. The van der Waals surface area contributed by atoms with Gasteiger partial charge in [0.1, 0.15) is 17.3 Å². The van der Waals surface area contributed by atoms with Crippen molar-refractivity contribution in [2.75, 3.05) is 27.3 Å². The Kier molecular flexibility index (Phi) is 5.19. The minimum absolute atomic E-state index is 0.120. The van der Waals surface area contributed by atoms with Crippen LogP contribution in [-0.2, 0) is 11.2 Å². The lowest BCUT2D eigenvalue weighted by Crippen LogP contribution is -2.39. The van der Waals surface area contributed by atoms with E-state index in [0.717, 1.165) is 54.1 Å². The van der Waals surface area contributed by atoms with E-state index in [1.807, 2.05) is 47.4 Å². The molecule has 1 aromatic heterocycles. The number of imidazole rings is 1. The number of H-pyrrole nitrogens is 1. The summed E-state index contributed by atoms with van der Waals surface area (Å²) in [7, 11) is 3.24. The molecule has 6 nitrogen and oxygen atoms in total. The number of fused-ring (bicyclic) bond motifs is 1. The highest BCUT2D eigenvalue weighted by Gasteiger charge is 2.26. The van der Waals surface area contributed by atoms with E-state index in [9.17, 15) is 4.79 Å². The van der Waals surface area contributed by atoms with Gasteiger partial charge in [0.2, 0.25) is 5.91 Å². The molecule has 0 aliphatic carbocycles. The van der Waals surface area contributed by atoms with Crippen molar-refractivity contribution in [2.45, 2.75) is 25.2 Å². The normalized spacial score (nSPS) is 15.0. The predicted octanol–water partition coefficient (Wildman–Crippen LogP) is 3.53. The SMILES string of the molecule is COc1ccc(OC)c(CC(=O)N2CCC(c3nc4ccccc4[nH]3)CC2)c1. The van der Waals surface area contributed by atoms with E-state index in [-0.39, 0.29) is 5.91 Å². The minimum Gasteiger partial charge on any atom is -0.497 e. The number of aromatic nitrogens is 2. The highest BCUT2D eigenvalue weighted by Crippen LogP contribution is 2.29. The molecule has 28 heavy (non-hydrogen) atoms. The van der Waals surface area contributed by atoms with Crippen LogP contribution in [0.15, 0.2) is 42.5 Å². The molecular formula is C22H25N3O3. The second-order valence-electron chi connectivity index (χ2n) is 7.15. The number of carbonyl (C=O) groups excluding carboxylic acids is 1. The number of piperidine rings is 1. The van der Waals surface area contributed by atoms with Gasteiger partial charge in [0.25, 0.3) is 0 Å². The van der Waals surface area contributed by atoms with Crippen molar-refractivity contribution in [1.82, 2.24) is 14.9 Å². The number of nitrogens with zero attached hydrogens (tertiary/aromatic N) is 2. The number of para-hydroxylation sites is 2. The zero-order valence-electron chi connectivity index (χ0n) is 16.3. The first-order valence-electron chi connectivity index (χ1n) is 9.61. The first kappa shape index (κ1) is 18.3. The van der Waals surface area contributed by atoms with Crippen LogP contribution >= 0.6 is 0 Å². The maximum Gasteiger partial charge on any atom is 0.227 e. The minimum atomic E-state index is 0.120. The number of benzene rings is 2. The molecule has 3 aromatic rings. The Morgan fingerprint density at radius 2 is 1.93 bits per heavy atom. The number of carbonyl (C=O) groups is 1. The van der Waals surface area contributed by atoms with Gasteiger partial charge < -0.3 is 19.4 Å². The van der Waals surface area contributed by atoms with Gasteiger partial charge in [0.05, 0.1) is 31.7 Å². The summed E-state index contributed by atoms with van der Waals surface area (Å²) in [5, 5.41) is 0. The van der Waals surface area contributed by atoms with Crippen molar-refractivity contribution >= 4 is 16.9 Å². The number of likely N-dealkylation sites (tertiary alicyclic amines) is 1. The van der Waals surface area contributed by atoms with Gasteiger partial charge in [-0.1, -0.05) is 12.1 Å². The molecule has 0 saturated carbocycles. The Balaban J connectivity index is 1.40. The van der Waals surface area contributed by atoms with E-state index in [2.05, 4.69) is 4.98 Å². The molecule has 0 bridgehead atoms. The van der Waals surface area contributed by atoms with Crippen LogP contribution in [0.25, 0.3) is 11.0 Å². The molecule has 0 atom stereocenters. The molecule has 2 heterocycles. The molecule has 1 aliphatic rings. The number of hydrogen-bond acceptors (Lipinski definition) is 4. The number of rotatable bonds is 5. The molecule has 1 aliphatic heterocycles. The number of ether oxygens (including phenoxy) is 2. The summed E-state index contributed by atoms with van der Waals surface area (Å²) in [6, 6.07) is 13.6. The third kappa shape index (κ3) is 3.67. The van der Waals surface area contributed by atoms with Gasteiger partial charge in [-0.05, 0) is 43.2 Å². The van der Waals surface area contributed by atoms with Crippen LogP contribution in [0.1, 0.15) is 30.1 Å². The van der Waals surface area contributed by atoms with Crippen LogP contribution in [0.3, 0.4) is 0 Å². The summed E-state index contributed by atoms with van der Waals surface area (Å²) in [6.07, 6.45) is 2.15. The van der Waals surface area contributed by atoms with Gasteiger partial charge >= 0.3 is 0 Å². The van der Waals surface area contributed by atoms with E-state index < -0.39 is 0 Å². The Labute approximate surface area is 164 Å². The van der Waals surface area contributed by atoms with Crippen LogP contribution in [-0.4, -0.2) is 48.1 Å². The second kappa shape index (κ2) is 7.92. The Bertz CT molecular complexity index is 941. The first-order valence-corrected chi connectivity index (χ1v) is 9.61. The molecule has 1 amide bonds. The average Bonchev–Trinajstić information content (AvgIpc) is 3.18. The summed E-state index contributed by atoms with van der Waals surface area (Å²) in [5.41, 5.74) is 2.92. The van der Waals surface area contributed by atoms with Gasteiger partial charge in [-0.2, -0.15) is 0 Å². The fraction of sp³-hybridized carbons (Fsp3) is 0.364. The van der Waals surface area contributed by atoms with E-state index in [1.54, 1.807) is 14.2 Å². The van der Waals surface area contributed by atoms with Gasteiger partial charge in [-0.3, -0.25) is 4.79 Å². The Hall–Kier alpha value is -3.02. The fourth-order valence-electron chi connectivity index (χ4n) is 3.86. The molecule has 1 saturated heterocycles. The summed E-state index contributed by atoms with van der Waals surface area (Å²) in [5.74, 6) is 2.96. The predicted molar refractivity (Wildman–Crippen MR) is 108 cm³/mol. The number of amides is 1. The monoisotopic (exact) mass is 379 g/mol. The van der Waals surface area contributed by atoms with Crippen molar-refractivity contribution < 1.29 is 14.3 Å². The fourth-order valence-corrected chi connectivity index (χ4v) is 3.86. The van der Waals surface area contributed by atoms with Crippen molar-refractivity contribution in [3.63, 3.8) is 0 Å². The molecule has 2 aromatic carbocycles.